The van der Waals surface area contributed by atoms with Crippen molar-refractivity contribution in [2.24, 2.45) is 0 Å². The van der Waals surface area contributed by atoms with Gasteiger partial charge < -0.3 is 10.1 Å². The van der Waals surface area contributed by atoms with Crippen molar-refractivity contribution in [3.05, 3.63) is 64.9 Å². The second-order valence-corrected chi connectivity index (χ2v) is 5.82. The van der Waals surface area contributed by atoms with Crippen molar-refractivity contribution in [3.8, 4) is 5.75 Å². The quantitative estimate of drug-likeness (QED) is 0.540. The zero-order valence-electron chi connectivity index (χ0n) is 13.6. The lowest BCUT2D eigenvalue weighted by atomic mass is 10.1. The summed E-state index contributed by atoms with van der Waals surface area (Å²) in [6.07, 6.45) is 0.839. The molecule has 0 radical (unpaired) electrons. The van der Waals surface area contributed by atoms with Crippen LogP contribution in [-0.2, 0) is 4.79 Å². The predicted molar refractivity (Wildman–Crippen MR) is 94.5 cm³/mol. The van der Waals surface area contributed by atoms with Crippen molar-refractivity contribution >= 4 is 23.3 Å². The molecule has 1 amide bonds. The van der Waals surface area contributed by atoms with Gasteiger partial charge in [0.2, 0.25) is 5.91 Å². The monoisotopic (exact) mass is 363 g/mol. The van der Waals surface area contributed by atoms with Gasteiger partial charge >= 0.3 is 0 Å². The number of rotatable bonds is 9. The molecule has 2 aromatic rings. The number of carbonyl (C=O) groups excluding carboxylic acids is 2. The highest BCUT2D eigenvalue weighted by atomic mass is 35.5. The summed E-state index contributed by atoms with van der Waals surface area (Å²) in [6, 6.07) is 12.5. The lowest BCUT2D eigenvalue weighted by Gasteiger charge is -2.07. The van der Waals surface area contributed by atoms with Crippen LogP contribution in [0.25, 0.3) is 0 Å². The van der Waals surface area contributed by atoms with Crippen molar-refractivity contribution in [2.75, 3.05) is 13.2 Å². The van der Waals surface area contributed by atoms with E-state index in [2.05, 4.69) is 5.32 Å². The fraction of sp³-hybridized carbons (Fsp3) is 0.263. The van der Waals surface area contributed by atoms with E-state index >= 15 is 0 Å². The molecule has 2 aromatic carbocycles. The van der Waals surface area contributed by atoms with E-state index in [1.54, 1.807) is 36.4 Å². The van der Waals surface area contributed by atoms with E-state index in [9.17, 15) is 14.0 Å². The third-order valence-electron chi connectivity index (χ3n) is 3.48. The first-order chi connectivity index (χ1) is 12.1. The van der Waals surface area contributed by atoms with E-state index in [-0.39, 0.29) is 30.3 Å². The molecule has 0 saturated carbocycles. The average Bonchev–Trinajstić information content (AvgIpc) is 2.61. The van der Waals surface area contributed by atoms with E-state index in [0.717, 1.165) is 0 Å². The summed E-state index contributed by atoms with van der Waals surface area (Å²) in [5.41, 5.74) is 0.435. The van der Waals surface area contributed by atoms with Gasteiger partial charge in [-0.3, -0.25) is 9.59 Å². The average molecular weight is 364 g/mol. The van der Waals surface area contributed by atoms with Crippen molar-refractivity contribution in [2.45, 2.75) is 19.3 Å². The van der Waals surface area contributed by atoms with E-state index in [1.807, 2.05) is 0 Å². The zero-order chi connectivity index (χ0) is 18.1. The minimum atomic E-state index is -0.314. The van der Waals surface area contributed by atoms with Gasteiger partial charge in [-0.2, -0.15) is 0 Å². The molecule has 0 aliphatic rings. The smallest absolute Gasteiger partial charge is 0.220 e. The number of halogens is 2. The highest BCUT2D eigenvalue weighted by Crippen LogP contribution is 2.17. The topological polar surface area (TPSA) is 55.4 Å². The highest BCUT2D eigenvalue weighted by Gasteiger charge is 2.11. The van der Waals surface area contributed by atoms with Crippen molar-refractivity contribution in [1.82, 2.24) is 5.32 Å². The molecule has 0 aliphatic carbocycles. The largest absolute Gasteiger partial charge is 0.494 e. The van der Waals surface area contributed by atoms with Crippen LogP contribution >= 0.6 is 11.6 Å². The standard InChI is InChI=1S/C19H19ClFNO3/c20-17-5-2-1-4-16(17)18(23)10-11-19(24)22-12-3-13-25-15-8-6-14(21)7-9-15/h1-2,4-9H,3,10-13H2,(H,22,24). The zero-order valence-corrected chi connectivity index (χ0v) is 14.4. The summed E-state index contributed by atoms with van der Waals surface area (Å²) in [5.74, 6) is -0.0772. The molecule has 0 bridgehead atoms. The number of Topliss-reactive ketones (excluding diaryl/α,β-unsaturated/α-hetero) is 1. The number of benzene rings is 2. The van der Waals surface area contributed by atoms with Crippen LogP contribution in [0.2, 0.25) is 5.02 Å². The summed E-state index contributed by atoms with van der Waals surface area (Å²) < 4.78 is 18.2. The van der Waals surface area contributed by atoms with Gasteiger partial charge in [0.15, 0.2) is 5.78 Å². The van der Waals surface area contributed by atoms with Crippen LogP contribution in [0, 0.1) is 5.82 Å². The number of nitrogens with one attached hydrogen (secondary N) is 1. The molecule has 25 heavy (non-hydrogen) atoms. The molecular weight excluding hydrogens is 345 g/mol. The minimum Gasteiger partial charge on any atom is -0.494 e. The maximum atomic E-state index is 12.7. The Morgan fingerprint density at radius 1 is 1.04 bits per heavy atom. The first kappa shape index (κ1) is 18.9. The molecule has 0 spiro atoms. The molecule has 6 heteroatoms. The van der Waals surface area contributed by atoms with E-state index < -0.39 is 0 Å². The molecule has 2 rings (SSSR count). The fourth-order valence-corrected chi connectivity index (χ4v) is 2.40. The van der Waals surface area contributed by atoms with Gasteiger partial charge in [0.25, 0.3) is 0 Å². The number of ketones is 1. The molecule has 0 aliphatic heterocycles. The van der Waals surface area contributed by atoms with Crippen LogP contribution in [-0.4, -0.2) is 24.8 Å². The Kier molecular flexibility index (Phi) is 7.41. The summed E-state index contributed by atoms with van der Waals surface area (Å²) in [5, 5.41) is 3.13. The van der Waals surface area contributed by atoms with Gasteiger partial charge in [0.1, 0.15) is 11.6 Å². The first-order valence-corrected chi connectivity index (χ1v) is 8.37. The van der Waals surface area contributed by atoms with Crippen LogP contribution < -0.4 is 10.1 Å². The third kappa shape index (κ3) is 6.55. The van der Waals surface area contributed by atoms with E-state index in [1.165, 1.54) is 12.1 Å². The maximum Gasteiger partial charge on any atom is 0.220 e. The summed E-state index contributed by atoms with van der Waals surface area (Å²) in [7, 11) is 0. The normalized spacial score (nSPS) is 10.3. The number of carbonyl (C=O) groups is 2. The highest BCUT2D eigenvalue weighted by molar-refractivity contribution is 6.34. The molecule has 0 unspecified atom stereocenters. The van der Waals surface area contributed by atoms with Crippen molar-refractivity contribution in [1.29, 1.82) is 0 Å². The summed E-state index contributed by atoms with van der Waals surface area (Å²) in [4.78, 5) is 23.8. The molecule has 0 atom stereocenters. The second kappa shape index (κ2) is 9.79. The van der Waals surface area contributed by atoms with Crippen LogP contribution in [0.5, 0.6) is 5.75 Å². The number of amides is 1. The van der Waals surface area contributed by atoms with Crippen LogP contribution in [0.3, 0.4) is 0 Å². The molecular formula is C19H19ClFNO3. The van der Waals surface area contributed by atoms with Crippen molar-refractivity contribution < 1.29 is 18.7 Å². The lowest BCUT2D eigenvalue weighted by molar-refractivity contribution is -0.121. The fourth-order valence-electron chi connectivity index (χ4n) is 2.16. The third-order valence-corrected chi connectivity index (χ3v) is 3.81. The Hall–Kier alpha value is -2.40. The molecule has 1 N–H and O–H groups in total. The Bertz CT molecular complexity index is 719. The van der Waals surface area contributed by atoms with Crippen LogP contribution in [0.1, 0.15) is 29.6 Å². The number of hydrogen-bond donors (Lipinski definition) is 1. The molecule has 4 nitrogen and oxygen atoms in total. The maximum absolute atomic E-state index is 12.7. The SMILES string of the molecule is O=C(CCC(=O)c1ccccc1Cl)NCCCOc1ccc(F)cc1. The Labute approximate surface area is 150 Å². The predicted octanol–water partition coefficient (Wildman–Crippen LogP) is 4.03. The minimum absolute atomic E-state index is 0.113. The molecule has 0 heterocycles. The van der Waals surface area contributed by atoms with Gasteiger partial charge in [-0.15, -0.1) is 0 Å². The summed E-state index contributed by atoms with van der Waals surface area (Å²) >= 11 is 5.96. The molecule has 0 saturated heterocycles. The molecule has 0 aromatic heterocycles. The molecule has 132 valence electrons. The number of hydrogen-bond acceptors (Lipinski definition) is 3. The van der Waals surface area contributed by atoms with Crippen molar-refractivity contribution in [3.63, 3.8) is 0 Å². The second-order valence-electron chi connectivity index (χ2n) is 5.41. The van der Waals surface area contributed by atoms with Gasteiger partial charge in [0, 0.05) is 24.9 Å². The van der Waals surface area contributed by atoms with E-state index in [0.29, 0.717) is 35.9 Å². The number of ether oxygens (including phenoxy) is 1. The van der Waals surface area contributed by atoms with E-state index in [4.69, 9.17) is 16.3 Å². The Morgan fingerprint density at radius 3 is 2.48 bits per heavy atom. The van der Waals surface area contributed by atoms with Crippen LogP contribution in [0.15, 0.2) is 48.5 Å². The van der Waals surface area contributed by atoms with Gasteiger partial charge in [-0.1, -0.05) is 23.7 Å². The molecule has 0 fully saturated rings. The van der Waals surface area contributed by atoms with Crippen LogP contribution in [0.4, 0.5) is 4.39 Å². The Balaban J connectivity index is 1.60. The van der Waals surface area contributed by atoms with Gasteiger partial charge in [-0.25, -0.2) is 4.39 Å². The van der Waals surface area contributed by atoms with Gasteiger partial charge in [-0.05, 0) is 42.8 Å². The summed E-state index contributed by atoms with van der Waals surface area (Å²) in [6.45, 7) is 0.852. The lowest BCUT2D eigenvalue weighted by Crippen LogP contribution is -2.26. The Morgan fingerprint density at radius 2 is 1.76 bits per heavy atom. The first-order valence-electron chi connectivity index (χ1n) is 7.99. The van der Waals surface area contributed by atoms with Gasteiger partial charge in [0.05, 0.1) is 11.6 Å².